The Morgan fingerprint density at radius 2 is 2.04 bits per heavy atom. The monoisotopic (exact) mass is 402 g/mol. The molecule has 0 aliphatic heterocycles. The van der Waals surface area contributed by atoms with Crippen molar-refractivity contribution < 1.29 is 9.53 Å². The third kappa shape index (κ3) is 4.43. The maximum atomic E-state index is 12.3. The largest absolute Gasteiger partial charge is 0.496 e. The van der Waals surface area contributed by atoms with Crippen molar-refractivity contribution in [3.05, 3.63) is 53.1 Å². The molecule has 0 fully saturated rings. The molecule has 0 radical (unpaired) electrons. The maximum Gasteiger partial charge on any atom is 0.234 e. The number of methoxy groups -OCH3 is 1. The summed E-state index contributed by atoms with van der Waals surface area (Å²) in [6.45, 7) is 1.90. The lowest BCUT2D eigenvalue weighted by Crippen LogP contribution is -2.15. The summed E-state index contributed by atoms with van der Waals surface area (Å²) in [5, 5.41) is 12.6. The summed E-state index contributed by atoms with van der Waals surface area (Å²) in [4.78, 5) is 12.3. The summed E-state index contributed by atoms with van der Waals surface area (Å²) >= 11 is 7.27. The van der Waals surface area contributed by atoms with Gasteiger partial charge in [-0.25, -0.2) is 0 Å². The minimum atomic E-state index is -0.118. The van der Waals surface area contributed by atoms with Crippen molar-refractivity contribution >= 4 is 35.0 Å². The standard InChI is InChI=1S/C19H19ClN4O2S/c1-12-10-13(20)8-9-15(12)21-17(25)11-27-19-23-22-18(24(19)2)14-6-4-5-7-16(14)26-3/h4-10H,11H2,1-3H3,(H,21,25). The SMILES string of the molecule is COc1ccccc1-c1nnc(SCC(=O)Nc2ccc(Cl)cc2C)n1C. The van der Waals surface area contributed by atoms with E-state index in [4.69, 9.17) is 16.3 Å². The van der Waals surface area contributed by atoms with E-state index in [9.17, 15) is 4.79 Å². The number of hydrogen-bond donors (Lipinski definition) is 1. The number of nitrogens with one attached hydrogen (secondary N) is 1. The summed E-state index contributed by atoms with van der Waals surface area (Å²) in [6, 6.07) is 13.0. The van der Waals surface area contributed by atoms with Gasteiger partial charge in [-0.05, 0) is 42.8 Å². The van der Waals surface area contributed by atoms with Gasteiger partial charge in [-0.3, -0.25) is 4.79 Å². The molecule has 27 heavy (non-hydrogen) atoms. The summed E-state index contributed by atoms with van der Waals surface area (Å²) in [5.41, 5.74) is 2.51. The Morgan fingerprint density at radius 1 is 1.26 bits per heavy atom. The number of halogens is 1. The minimum absolute atomic E-state index is 0.118. The highest BCUT2D eigenvalue weighted by molar-refractivity contribution is 7.99. The van der Waals surface area contributed by atoms with Crippen LogP contribution >= 0.6 is 23.4 Å². The predicted molar refractivity (Wildman–Crippen MR) is 109 cm³/mol. The van der Waals surface area contributed by atoms with Gasteiger partial charge in [-0.15, -0.1) is 10.2 Å². The first-order valence-electron chi connectivity index (χ1n) is 8.21. The third-order valence-corrected chi connectivity index (χ3v) is 5.23. The van der Waals surface area contributed by atoms with Crippen LogP contribution in [-0.2, 0) is 11.8 Å². The number of aryl methyl sites for hydroxylation is 1. The molecular weight excluding hydrogens is 384 g/mol. The molecule has 1 amide bonds. The number of anilines is 1. The highest BCUT2D eigenvalue weighted by atomic mass is 35.5. The van der Waals surface area contributed by atoms with E-state index in [1.807, 2.05) is 48.9 Å². The van der Waals surface area contributed by atoms with Crippen LogP contribution in [0, 0.1) is 6.92 Å². The maximum absolute atomic E-state index is 12.3. The van der Waals surface area contributed by atoms with E-state index in [0.29, 0.717) is 16.0 Å². The van der Waals surface area contributed by atoms with E-state index >= 15 is 0 Å². The first-order valence-corrected chi connectivity index (χ1v) is 9.57. The molecule has 140 valence electrons. The van der Waals surface area contributed by atoms with Crippen LogP contribution < -0.4 is 10.1 Å². The summed E-state index contributed by atoms with van der Waals surface area (Å²) < 4.78 is 7.24. The van der Waals surface area contributed by atoms with Gasteiger partial charge >= 0.3 is 0 Å². The van der Waals surface area contributed by atoms with Crippen LogP contribution in [0.15, 0.2) is 47.6 Å². The lowest BCUT2D eigenvalue weighted by molar-refractivity contribution is -0.113. The smallest absolute Gasteiger partial charge is 0.234 e. The fourth-order valence-corrected chi connectivity index (χ4v) is 3.53. The van der Waals surface area contributed by atoms with Crippen LogP contribution in [0.25, 0.3) is 11.4 Å². The number of hydrogen-bond acceptors (Lipinski definition) is 5. The molecule has 0 saturated heterocycles. The van der Waals surface area contributed by atoms with Gasteiger partial charge < -0.3 is 14.6 Å². The zero-order valence-corrected chi connectivity index (χ0v) is 16.8. The Kier molecular flexibility index (Phi) is 6.03. The van der Waals surface area contributed by atoms with E-state index in [2.05, 4.69) is 15.5 Å². The lowest BCUT2D eigenvalue weighted by atomic mass is 10.2. The normalized spacial score (nSPS) is 10.7. The molecule has 3 rings (SSSR count). The molecular formula is C19H19ClN4O2S. The van der Waals surface area contributed by atoms with Crippen molar-refractivity contribution in [1.82, 2.24) is 14.8 Å². The highest BCUT2D eigenvalue weighted by Gasteiger charge is 2.16. The molecule has 1 aromatic heterocycles. The number of rotatable bonds is 6. The topological polar surface area (TPSA) is 69.0 Å². The second-order valence-corrected chi connectivity index (χ2v) is 7.24. The number of ether oxygens (including phenoxy) is 1. The number of carbonyl (C=O) groups is 1. The van der Waals surface area contributed by atoms with Crippen molar-refractivity contribution in [2.75, 3.05) is 18.2 Å². The summed E-state index contributed by atoms with van der Waals surface area (Å²) in [7, 11) is 3.49. The molecule has 0 bridgehead atoms. The molecule has 0 saturated carbocycles. The molecule has 6 nitrogen and oxygen atoms in total. The molecule has 8 heteroatoms. The van der Waals surface area contributed by atoms with Crippen molar-refractivity contribution in [3.8, 4) is 17.1 Å². The van der Waals surface area contributed by atoms with Gasteiger partial charge in [-0.1, -0.05) is 35.5 Å². The molecule has 0 unspecified atom stereocenters. The molecule has 2 aromatic carbocycles. The van der Waals surface area contributed by atoms with Crippen molar-refractivity contribution in [2.24, 2.45) is 7.05 Å². The predicted octanol–water partition coefficient (Wildman–Crippen LogP) is 4.18. The van der Waals surface area contributed by atoms with E-state index in [0.717, 1.165) is 22.6 Å². The molecule has 3 aromatic rings. The van der Waals surface area contributed by atoms with Gasteiger partial charge in [0.1, 0.15) is 5.75 Å². The van der Waals surface area contributed by atoms with Crippen molar-refractivity contribution in [2.45, 2.75) is 12.1 Å². The highest BCUT2D eigenvalue weighted by Crippen LogP contribution is 2.30. The number of carbonyl (C=O) groups excluding carboxylic acids is 1. The minimum Gasteiger partial charge on any atom is -0.496 e. The Morgan fingerprint density at radius 3 is 2.78 bits per heavy atom. The quantitative estimate of drug-likeness (QED) is 0.626. The zero-order chi connectivity index (χ0) is 19.4. The van der Waals surface area contributed by atoms with Gasteiger partial charge in [0.05, 0.1) is 18.4 Å². The summed E-state index contributed by atoms with van der Waals surface area (Å²) in [5.74, 6) is 1.51. The fourth-order valence-electron chi connectivity index (χ4n) is 2.59. The lowest BCUT2D eigenvalue weighted by Gasteiger charge is -2.09. The van der Waals surface area contributed by atoms with E-state index < -0.39 is 0 Å². The number of amides is 1. The Hall–Kier alpha value is -2.51. The van der Waals surface area contributed by atoms with Crippen LogP contribution in [0.3, 0.4) is 0 Å². The molecule has 0 aliphatic carbocycles. The number of thioether (sulfide) groups is 1. The number of benzene rings is 2. The zero-order valence-electron chi connectivity index (χ0n) is 15.2. The van der Waals surface area contributed by atoms with Gasteiger partial charge in [0, 0.05) is 17.8 Å². The van der Waals surface area contributed by atoms with Crippen molar-refractivity contribution in [1.29, 1.82) is 0 Å². The number of para-hydroxylation sites is 1. The van der Waals surface area contributed by atoms with E-state index in [1.165, 1.54) is 11.8 Å². The Labute approximate surface area is 166 Å². The van der Waals surface area contributed by atoms with Crippen molar-refractivity contribution in [3.63, 3.8) is 0 Å². The molecule has 1 N–H and O–H groups in total. The van der Waals surface area contributed by atoms with Gasteiger partial charge in [0.25, 0.3) is 0 Å². The molecule has 1 heterocycles. The van der Waals surface area contributed by atoms with Crippen LogP contribution in [-0.4, -0.2) is 33.5 Å². The Balaban J connectivity index is 1.68. The number of aromatic nitrogens is 3. The first-order chi connectivity index (χ1) is 13.0. The average molecular weight is 403 g/mol. The average Bonchev–Trinajstić information content (AvgIpc) is 3.02. The van der Waals surface area contributed by atoms with E-state index in [1.54, 1.807) is 19.2 Å². The van der Waals surface area contributed by atoms with Crippen LogP contribution in [0.4, 0.5) is 5.69 Å². The fraction of sp³-hybridized carbons (Fsp3) is 0.211. The molecule has 0 spiro atoms. The van der Waals surface area contributed by atoms with Gasteiger partial charge in [0.15, 0.2) is 11.0 Å². The Bertz CT molecular complexity index is 974. The number of nitrogens with zero attached hydrogens (tertiary/aromatic N) is 3. The molecule has 0 atom stereocenters. The first kappa shape index (κ1) is 19.3. The van der Waals surface area contributed by atoms with Crippen LogP contribution in [0.5, 0.6) is 5.75 Å². The summed E-state index contributed by atoms with van der Waals surface area (Å²) in [6.07, 6.45) is 0. The second kappa shape index (κ2) is 8.45. The van der Waals surface area contributed by atoms with Gasteiger partial charge in [0.2, 0.25) is 5.91 Å². The van der Waals surface area contributed by atoms with Gasteiger partial charge in [-0.2, -0.15) is 0 Å². The van der Waals surface area contributed by atoms with E-state index in [-0.39, 0.29) is 11.7 Å². The molecule has 0 aliphatic rings. The van der Waals surface area contributed by atoms with Crippen LogP contribution in [0.2, 0.25) is 5.02 Å². The third-order valence-electron chi connectivity index (χ3n) is 3.98. The second-order valence-electron chi connectivity index (χ2n) is 5.86. The van der Waals surface area contributed by atoms with Crippen LogP contribution in [0.1, 0.15) is 5.56 Å².